The molecule has 1 aliphatic heterocycles. The van der Waals surface area contributed by atoms with Crippen LogP contribution in [0, 0.1) is 0 Å². The molecule has 1 fully saturated rings. The number of carbonyl (C=O) groups excluding carboxylic acids is 1. The van der Waals surface area contributed by atoms with Gasteiger partial charge in [0.25, 0.3) is 0 Å². The molecule has 0 aromatic heterocycles. The zero-order valence-electron chi connectivity index (χ0n) is 10.7. The molecule has 0 bridgehead atoms. The summed E-state index contributed by atoms with van der Waals surface area (Å²) in [6, 6.07) is 0.140. The summed E-state index contributed by atoms with van der Waals surface area (Å²) in [7, 11) is 0. The van der Waals surface area contributed by atoms with Gasteiger partial charge in [0.2, 0.25) is 5.91 Å². The van der Waals surface area contributed by atoms with Crippen LogP contribution in [0.2, 0.25) is 0 Å². The van der Waals surface area contributed by atoms with Crippen LogP contribution in [-0.4, -0.2) is 30.0 Å². The summed E-state index contributed by atoms with van der Waals surface area (Å²) < 4.78 is 0. The van der Waals surface area contributed by atoms with Gasteiger partial charge >= 0.3 is 0 Å². The standard InChI is InChI=1S/C11H22N4O.HI/c1-11(2,3)15-10(12)13-7-8-5-4-6-9(16)14-8;/h8H,4-7H2,1-3H3,(H,14,16)(H3,12,13,15);1H. The molecule has 0 spiro atoms. The van der Waals surface area contributed by atoms with Crippen molar-refractivity contribution >= 4 is 35.8 Å². The molecule has 0 radical (unpaired) electrons. The maximum Gasteiger partial charge on any atom is 0.220 e. The van der Waals surface area contributed by atoms with Crippen molar-refractivity contribution in [1.29, 1.82) is 0 Å². The van der Waals surface area contributed by atoms with E-state index >= 15 is 0 Å². The zero-order chi connectivity index (χ0) is 12.2. The first-order valence-corrected chi connectivity index (χ1v) is 5.74. The molecule has 4 N–H and O–H groups in total. The van der Waals surface area contributed by atoms with Crippen molar-refractivity contribution in [2.24, 2.45) is 10.7 Å². The summed E-state index contributed by atoms with van der Waals surface area (Å²) in [6.07, 6.45) is 2.56. The third-order valence-electron chi connectivity index (χ3n) is 2.31. The third kappa shape index (κ3) is 7.40. The Kier molecular flexibility index (Phi) is 6.81. The quantitative estimate of drug-likeness (QED) is 0.393. The molecule has 17 heavy (non-hydrogen) atoms. The van der Waals surface area contributed by atoms with Crippen LogP contribution >= 0.6 is 24.0 Å². The number of carbonyl (C=O) groups is 1. The topological polar surface area (TPSA) is 79.5 Å². The summed E-state index contributed by atoms with van der Waals surface area (Å²) in [5, 5.41) is 5.99. The van der Waals surface area contributed by atoms with Crippen LogP contribution in [0.4, 0.5) is 0 Å². The minimum Gasteiger partial charge on any atom is -0.370 e. The van der Waals surface area contributed by atoms with E-state index in [1.54, 1.807) is 0 Å². The predicted octanol–water partition coefficient (Wildman–Crippen LogP) is 0.976. The van der Waals surface area contributed by atoms with Crippen molar-refractivity contribution in [3.05, 3.63) is 0 Å². The molecular weight excluding hydrogens is 331 g/mol. The average molecular weight is 354 g/mol. The Balaban J connectivity index is 0.00000256. The summed E-state index contributed by atoms with van der Waals surface area (Å²) >= 11 is 0. The molecule has 1 amide bonds. The number of nitrogens with two attached hydrogens (primary N) is 1. The minimum atomic E-state index is -0.0800. The highest BCUT2D eigenvalue weighted by molar-refractivity contribution is 14.0. The van der Waals surface area contributed by atoms with Gasteiger partial charge < -0.3 is 16.4 Å². The van der Waals surface area contributed by atoms with Gasteiger partial charge in [0.05, 0.1) is 6.54 Å². The molecule has 1 aliphatic rings. The van der Waals surface area contributed by atoms with E-state index in [1.807, 2.05) is 20.8 Å². The lowest BCUT2D eigenvalue weighted by Crippen LogP contribution is -2.46. The fraction of sp³-hybridized carbons (Fsp3) is 0.818. The summed E-state index contributed by atoms with van der Waals surface area (Å²) in [5.74, 6) is 0.557. The van der Waals surface area contributed by atoms with Gasteiger partial charge in [0.1, 0.15) is 0 Å². The smallest absolute Gasteiger partial charge is 0.220 e. The first kappa shape index (κ1) is 16.5. The van der Waals surface area contributed by atoms with Gasteiger partial charge in [-0.2, -0.15) is 0 Å². The summed E-state index contributed by atoms with van der Waals surface area (Å²) in [6.45, 7) is 6.63. The average Bonchev–Trinajstić information content (AvgIpc) is 2.12. The Morgan fingerprint density at radius 2 is 2.24 bits per heavy atom. The second-order valence-electron chi connectivity index (χ2n) is 5.26. The lowest BCUT2D eigenvalue weighted by atomic mass is 10.0. The number of nitrogens with zero attached hydrogens (tertiary/aromatic N) is 1. The van der Waals surface area contributed by atoms with E-state index in [4.69, 9.17) is 5.73 Å². The molecule has 1 unspecified atom stereocenters. The molecule has 1 atom stereocenters. The SMILES string of the molecule is CC(C)(C)NC(N)=NCC1CCCC(=O)N1.I. The van der Waals surface area contributed by atoms with Gasteiger partial charge in [0, 0.05) is 18.0 Å². The molecule has 1 rings (SSSR count). The highest BCUT2D eigenvalue weighted by atomic mass is 127. The maximum atomic E-state index is 11.1. The second kappa shape index (κ2) is 7.03. The number of piperidine rings is 1. The van der Waals surface area contributed by atoms with Crippen molar-refractivity contribution < 1.29 is 4.79 Å². The van der Waals surface area contributed by atoms with Crippen LogP contribution in [0.15, 0.2) is 4.99 Å². The summed E-state index contributed by atoms with van der Waals surface area (Å²) in [4.78, 5) is 15.4. The van der Waals surface area contributed by atoms with E-state index in [1.165, 1.54) is 0 Å². The van der Waals surface area contributed by atoms with Crippen LogP contribution in [0.3, 0.4) is 0 Å². The van der Waals surface area contributed by atoms with Gasteiger partial charge in [-0.1, -0.05) is 0 Å². The van der Waals surface area contributed by atoms with Gasteiger partial charge in [-0.15, -0.1) is 24.0 Å². The maximum absolute atomic E-state index is 11.1. The first-order valence-electron chi connectivity index (χ1n) is 5.74. The Bertz CT molecular complexity index is 286. The minimum absolute atomic E-state index is 0. The molecule has 1 heterocycles. The monoisotopic (exact) mass is 354 g/mol. The number of rotatable bonds is 2. The molecule has 1 saturated heterocycles. The highest BCUT2D eigenvalue weighted by Crippen LogP contribution is 2.08. The molecule has 6 heteroatoms. The molecule has 0 aliphatic carbocycles. The Labute approximate surface area is 120 Å². The molecule has 0 saturated carbocycles. The summed E-state index contributed by atoms with van der Waals surface area (Å²) in [5.41, 5.74) is 5.66. The zero-order valence-corrected chi connectivity index (χ0v) is 13.1. The second-order valence-corrected chi connectivity index (χ2v) is 5.26. The van der Waals surface area contributed by atoms with Crippen molar-refractivity contribution in [2.45, 2.75) is 51.6 Å². The van der Waals surface area contributed by atoms with Crippen LogP contribution in [0.25, 0.3) is 0 Å². The van der Waals surface area contributed by atoms with Crippen LogP contribution in [0.5, 0.6) is 0 Å². The molecule has 5 nitrogen and oxygen atoms in total. The van der Waals surface area contributed by atoms with Crippen molar-refractivity contribution in [3.63, 3.8) is 0 Å². The van der Waals surface area contributed by atoms with E-state index in [0.29, 0.717) is 18.9 Å². The van der Waals surface area contributed by atoms with E-state index in [0.717, 1.165) is 12.8 Å². The van der Waals surface area contributed by atoms with Crippen LogP contribution in [-0.2, 0) is 4.79 Å². The number of aliphatic imine (C=N–C) groups is 1. The number of hydrogen-bond donors (Lipinski definition) is 3. The Morgan fingerprint density at radius 3 is 2.76 bits per heavy atom. The number of halogens is 1. The van der Waals surface area contributed by atoms with E-state index in [2.05, 4.69) is 15.6 Å². The molecule has 0 aromatic carbocycles. The van der Waals surface area contributed by atoms with E-state index in [9.17, 15) is 4.79 Å². The highest BCUT2D eigenvalue weighted by Gasteiger charge is 2.17. The van der Waals surface area contributed by atoms with Crippen LogP contribution in [0.1, 0.15) is 40.0 Å². The van der Waals surface area contributed by atoms with Crippen LogP contribution < -0.4 is 16.4 Å². The number of hydrogen-bond acceptors (Lipinski definition) is 2. The van der Waals surface area contributed by atoms with E-state index < -0.39 is 0 Å². The largest absolute Gasteiger partial charge is 0.370 e. The number of amides is 1. The normalized spacial score (nSPS) is 21.5. The lowest BCUT2D eigenvalue weighted by Gasteiger charge is -2.23. The van der Waals surface area contributed by atoms with Crippen molar-refractivity contribution in [2.75, 3.05) is 6.54 Å². The lowest BCUT2D eigenvalue weighted by molar-refractivity contribution is -0.123. The molecule has 100 valence electrons. The third-order valence-corrected chi connectivity index (χ3v) is 2.31. The van der Waals surface area contributed by atoms with E-state index in [-0.39, 0.29) is 41.5 Å². The predicted molar refractivity (Wildman–Crippen MR) is 80.6 cm³/mol. The number of nitrogens with one attached hydrogen (secondary N) is 2. The van der Waals surface area contributed by atoms with Crippen molar-refractivity contribution in [1.82, 2.24) is 10.6 Å². The van der Waals surface area contributed by atoms with Gasteiger partial charge in [0.15, 0.2) is 5.96 Å². The molecule has 0 aromatic rings. The van der Waals surface area contributed by atoms with Gasteiger partial charge in [-0.3, -0.25) is 9.79 Å². The van der Waals surface area contributed by atoms with Crippen molar-refractivity contribution in [3.8, 4) is 0 Å². The van der Waals surface area contributed by atoms with Gasteiger partial charge in [-0.05, 0) is 33.6 Å². The molecular formula is C11H23IN4O. The fourth-order valence-corrected chi connectivity index (χ4v) is 1.65. The first-order chi connectivity index (χ1) is 7.37. The Morgan fingerprint density at radius 1 is 1.59 bits per heavy atom. The Hall–Kier alpha value is -0.530. The van der Waals surface area contributed by atoms with Gasteiger partial charge in [-0.25, -0.2) is 0 Å². The fourth-order valence-electron chi connectivity index (χ4n) is 1.65. The number of guanidine groups is 1.